The second-order valence-electron chi connectivity index (χ2n) is 4.52. The van der Waals surface area contributed by atoms with Gasteiger partial charge >= 0.3 is 5.97 Å². The summed E-state index contributed by atoms with van der Waals surface area (Å²) in [5, 5.41) is 20.7. The van der Waals surface area contributed by atoms with Crippen LogP contribution in [-0.2, 0) is 11.2 Å². The molecule has 2 rings (SSSR count). The second-order valence-corrected chi connectivity index (χ2v) is 4.52. The van der Waals surface area contributed by atoms with Crippen molar-refractivity contribution in [3.8, 4) is 5.95 Å². The molecule has 0 aliphatic heterocycles. The molecule has 0 aromatic carbocycles. The van der Waals surface area contributed by atoms with E-state index in [0.29, 0.717) is 12.1 Å². The monoisotopic (exact) mass is 277 g/mol. The van der Waals surface area contributed by atoms with Gasteiger partial charge in [0.05, 0.1) is 5.69 Å². The third-order valence-electron chi connectivity index (χ3n) is 3.08. The van der Waals surface area contributed by atoms with Gasteiger partial charge in [-0.1, -0.05) is 0 Å². The molecular formula is C12H15N5O3. The number of aliphatic carboxylic acids is 1. The van der Waals surface area contributed by atoms with Gasteiger partial charge in [0.2, 0.25) is 0 Å². The van der Waals surface area contributed by atoms with Crippen LogP contribution in [0, 0.1) is 20.8 Å². The fourth-order valence-electron chi connectivity index (χ4n) is 1.96. The molecule has 8 heteroatoms. The number of nitrogens with zero attached hydrogens (tertiary/aromatic N) is 4. The Morgan fingerprint density at radius 3 is 2.55 bits per heavy atom. The van der Waals surface area contributed by atoms with Gasteiger partial charge in [0, 0.05) is 12.1 Å². The predicted octanol–water partition coefficient (Wildman–Crippen LogP) is 0.293. The highest BCUT2D eigenvalue weighted by Gasteiger charge is 2.15. The lowest BCUT2D eigenvalue weighted by Gasteiger charge is -2.03. The first-order chi connectivity index (χ1) is 9.40. The number of hydrogen-bond donors (Lipinski definition) is 2. The van der Waals surface area contributed by atoms with E-state index in [-0.39, 0.29) is 23.6 Å². The standard InChI is InChI=1S/C12H15N5O3/c1-6-9(4-5-10(18)19)8(3)17(16-6)12-13-11(20)7(2)14-15-12/h4-5H2,1-3H3,(H,18,19)(H,13,15,20). The number of carbonyl (C=O) groups is 1. The molecule has 0 saturated heterocycles. The summed E-state index contributed by atoms with van der Waals surface area (Å²) in [6.45, 7) is 5.16. The fourth-order valence-corrected chi connectivity index (χ4v) is 1.96. The molecule has 0 spiro atoms. The molecule has 0 aliphatic rings. The molecule has 0 amide bonds. The van der Waals surface area contributed by atoms with Crippen molar-refractivity contribution < 1.29 is 9.90 Å². The maximum atomic E-state index is 11.6. The van der Waals surface area contributed by atoms with Gasteiger partial charge in [-0.15, -0.1) is 10.2 Å². The fraction of sp³-hybridized carbons (Fsp3) is 0.417. The van der Waals surface area contributed by atoms with E-state index < -0.39 is 5.97 Å². The van der Waals surface area contributed by atoms with Crippen molar-refractivity contribution in [1.29, 1.82) is 0 Å². The van der Waals surface area contributed by atoms with Crippen LogP contribution in [0.5, 0.6) is 0 Å². The van der Waals surface area contributed by atoms with E-state index in [2.05, 4.69) is 20.3 Å². The largest absolute Gasteiger partial charge is 0.481 e. The molecule has 0 radical (unpaired) electrons. The van der Waals surface area contributed by atoms with E-state index in [9.17, 15) is 9.59 Å². The minimum atomic E-state index is -0.861. The predicted molar refractivity (Wildman–Crippen MR) is 69.9 cm³/mol. The van der Waals surface area contributed by atoms with Crippen LogP contribution in [-0.4, -0.2) is 36.0 Å². The Balaban J connectivity index is 2.43. The summed E-state index contributed by atoms with van der Waals surface area (Å²) in [7, 11) is 0. The number of rotatable bonds is 4. The lowest BCUT2D eigenvalue weighted by Crippen LogP contribution is -2.18. The molecule has 2 aromatic rings. The van der Waals surface area contributed by atoms with Gasteiger partial charge in [0.1, 0.15) is 5.69 Å². The first kappa shape index (κ1) is 13.9. The summed E-state index contributed by atoms with van der Waals surface area (Å²) in [4.78, 5) is 24.8. The summed E-state index contributed by atoms with van der Waals surface area (Å²) >= 11 is 0. The van der Waals surface area contributed by atoms with Gasteiger partial charge in [-0.3, -0.25) is 14.6 Å². The van der Waals surface area contributed by atoms with Crippen molar-refractivity contribution in [3.63, 3.8) is 0 Å². The lowest BCUT2D eigenvalue weighted by atomic mass is 10.1. The van der Waals surface area contributed by atoms with Crippen molar-refractivity contribution in [2.75, 3.05) is 0 Å². The minimum Gasteiger partial charge on any atom is -0.481 e. The zero-order valence-electron chi connectivity index (χ0n) is 11.5. The van der Waals surface area contributed by atoms with Gasteiger partial charge in [0.15, 0.2) is 0 Å². The van der Waals surface area contributed by atoms with Crippen molar-refractivity contribution >= 4 is 5.97 Å². The SMILES string of the molecule is Cc1nn(-c2nnc(C)c(=O)[nH]2)c(C)c1CCC(=O)O. The third kappa shape index (κ3) is 2.58. The molecule has 0 aliphatic carbocycles. The smallest absolute Gasteiger partial charge is 0.303 e. The third-order valence-corrected chi connectivity index (χ3v) is 3.08. The molecule has 0 fully saturated rings. The summed E-state index contributed by atoms with van der Waals surface area (Å²) in [6, 6.07) is 0. The average Bonchev–Trinajstić information content (AvgIpc) is 2.66. The maximum absolute atomic E-state index is 11.6. The number of carboxylic acids is 1. The topological polar surface area (TPSA) is 114 Å². The number of aryl methyl sites for hydroxylation is 2. The molecule has 0 saturated carbocycles. The molecule has 0 bridgehead atoms. The van der Waals surface area contributed by atoms with Gasteiger partial charge < -0.3 is 5.11 Å². The first-order valence-electron chi connectivity index (χ1n) is 6.11. The minimum absolute atomic E-state index is 0.0312. The van der Waals surface area contributed by atoms with Crippen molar-refractivity contribution in [2.45, 2.75) is 33.6 Å². The van der Waals surface area contributed by atoms with Crippen LogP contribution in [0.2, 0.25) is 0 Å². The molecule has 8 nitrogen and oxygen atoms in total. The molecule has 106 valence electrons. The summed E-state index contributed by atoms with van der Waals surface area (Å²) in [5.41, 5.74) is 2.26. The Labute approximate surface area is 114 Å². The van der Waals surface area contributed by atoms with Crippen molar-refractivity contribution in [3.05, 3.63) is 33.0 Å². The number of aromatic nitrogens is 5. The average molecular weight is 277 g/mol. The highest BCUT2D eigenvalue weighted by molar-refractivity contribution is 5.67. The number of aromatic amines is 1. The van der Waals surface area contributed by atoms with Crippen molar-refractivity contribution in [1.82, 2.24) is 25.0 Å². The molecule has 2 heterocycles. The van der Waals surface area contributed by atoms with E-state index in [4.69, 9.17) is 5.11 Å². The molecule has 2 aromatic heterocycles. The van der Waals surface area contributed by atoms with Crippen LogP contribution < -0.4 is 5.56 Å². The Morgan fingerprint density at radius 2 is 1.95 bits per heavy atom. The molecule has 0 atom stereocenters. The quantitative estimate of drug-likeness (QED) is 0.830. The van der Waals surface area contributed by atoms with Crippen LogP contribution >= 0.6 is 0 Å². The van der Waals surface area contributed by atoms with Crippen LogP contribution in [0.4, 0.5) is 0 Å². The van der Waals surface area contributed by atoms with Crippen LogP contribution in [0.1, 0.15) is 29.1 Å². The maximum Gasteiger partial charge on any atom is 0.303 e. The van der Waals surface area contributed by atoms with Crippen molar-refractivity contribution in [2.24, 2.45) is 0 Å². The Hall–Kier alpha value is -2.51. The molecule has 20 heavy (non-hydrogen) atoms. The van der Waals surface area contributed by atoms with Crippen LogP contribution in [0.3, 0.4) is 0 Å². The number of carboxylic acid groups (broad SMARTS) is 1. The van der Waals surface area contributed by atoms with E-state index in [1.165, 1.54) is 4.68 Å². The Bertz CT molecular complexity index is 716. The van der Waals surface area contributed by atoms with E-state index in [1.54, 1.807) is 20.8 Å². The lowest BCUT2D eigenvalue weighted by molar-refractivity contribution is -0.136. The summed E-state index contributed by atoms with van der Waals surface area (Å²) in [6.07, 6.45) is 0.417. The zero-order chi connectivity index (χ0) is 14.9. The van der Waals surface area contributed by atoms with Crippen LogP contribution in [0.25, 0.3) is 5.95 Å². The van der Waals surface area contributed by atoms with Gasteiger partial charge in [-0.2, -0.15) is 5.10 Å². The normalized spacial score (nSPS) is 10.8. The van der Waals surface area contributed by atoms with E-state index in [0.717, 1.165) is 11.3 Å². The second kappa shape index (κ2) is 5.24. The summed E-state index contributed by atoms with van der Waals surface area (Å²) < 4.78 is 1.47. The Morgan fingerprint density at radius 1 is 1.25 bits per heavy atom. The Kier molecular flexibility index (Phi) is 3.64. The van der Waals surface area contributed by atoms with E-state index in [1.807, 2.05) is 0 Å². The van der Waals surface area contributed by atoms with E-state index >= 15 is 0 Å². The molecule has 0 unspecified atom stereocenters. The van der Waals surface area contributed by atoms with Gasteiger partial charge in [-0.25, -0.2) is 4.68 Å². The van der Waals surface area contributed by atoms with Gasteiger partial charge in [-0.05, 0) is 32.8 Å². The first-order valence-corrected chi connectivity index (χ1v) is 6.11. The number of H-pyrrole nitrogens is 1. The highest BCUT2D eigenvalue weighted by atomic mass is 16.4. The van der Waals surface area contributed by atoms with Crippen LogP contribution in [0.15, 0.2) is 4.79 Å². The highest BCUT2D eigenvalue weighted by Crippen LogP contribution is 2.16. The van der Waals surface area contributed by atoms with Gasteiger partial charge in [0.25, 0.3) is 11.5 Å². The number of nitrogens with one attached hydrogen (secondary N) is 1. The zero-order valence-corrected chi connectivity index (χ0v) is 11.5. The molecule has 2 N–H and O–H groups in total. The summed E-state index contributed by atoms with van der Waals surface area (Å²) in [5.74, 6) is -0.636. The number of hydrogen-bond acceptors (Lipinski definition) is 5. The molecular weight excluding hydrogens is 262 g/mol.